The first-order valence-electron chi connectivity index (χ1n) is 9.88. The molecule has 0 aliphatic carbocycles. The minimum Gasteiger partial charge on any atom is -0.360 e. The van der Waals surface area contributed by atoms with Gasteiger partial charge in [-0.3, -0.25) is 9.59 Å². The van der Waals surface area contributed by atoms with Crippen molar-refractivity contribution in [3.63, 3.8) is 0 Å². The fraction of sp³-hybridized carbons (Fsp3) is 0.304. The second-order valence-electron chi connectivity index (χ2n) is 8.03. The minimum absolute atomic E-state index is 0.0938. The summed E-state index contributed by atoms with van der Waals surface area (Å²) in [7, 11) is 0. The Hall–Kier alpha value is -2.70. The van der Waals surface area contributed by atoms with E-state index in [9.17, 15) is 14.0 Å². The summed E-state index contributed by atoms with van der Waals surface area (Å²) in [5.74, 6) is -1.78. The molecule has 4 atom stereocenters. The van der Waals surface area contributed by atoms with E-state index in [0.29, 0.717) is 18.1 Å². The Morgan fingerprint density at radius 1 is 1.23 bits per heavy atom. The fourth-order valence-corrected chi connectivity index (χ4v) is 4.95. The monoisotopic (exact) mass is 426 g/mol. The Morgan fingerprint density at radius 3 is 2.77 bits per heavy atom. The number of hydrogen-bond donors (Lipinski definition) is 1. The van der Waals surface area contributed by atoms with Crippen LogP contribution in [0.5, 0.6) is 0 Å². The van der Waals surface area contributed by atoms with Crippen LogP contribution in [0.15, 0.2) is 60.7 Å². The van der Waals surface area contributed by atoms with E-state index in [1.165, 1.54) is 12.1 Å². The Morgan fingerprint density at radius 2 is 2.00 bits per heavy atom. The highest BCUT2D eigenvalue weighted by molar-refractivity contribution is 6.31. The van der Waals surface area contributed by atoms with Crippen molar-refractivity contribution in [1.29, 1.82) is 0 Å². The predicted molar refractivity (Wildman–Crippen MR) is 109 cm³/mol. The summed E-state index contributed by atoms with van der Waals surface area (Å²) in [4.78, 5) is 28.0. The van der Waals surface area contributed by atoms with Crippen LogP contribution in [0.25, 0.3) is 0 Å². The molecule has 0 aromatic heterocycles. The molecular formula is C23H20ClFN2O3. The lowest BCUT2D eigenvalue weighted by Gasteiger charge is -2.23. The highest BCUT2D eigenvalue weighted by Gasteiger charge is 2.66. The van der Waals surface area contributed by atoms with Crippen molar-refractivity contribution in [2.45, 2.75) is 24.8 Å². The largest absolute Gasteiger partial charge is 0.360 e. The molecule has 154 valence electrons. The lowest BCUT2D eigenvalue weighted by atomic mass is 9.77. The number of halogens is 2. The van der Waals surface area contributed by atoms with Crippen molar-refractivity contribution >= 4 is 23.4 Å². The van der Waals surface area contributed by atoms with Crippen molar-refractivity contribution in [2.75, 3.05) is 6.54 Å². The van der Waals surface area contributed by atoms with Gasteiger partial charge in [-0.05, 0) is 29.3 Å². The van der Waals surface area contributed by atoms with Gasteiger partial charge >= 0.3 is 0 Å². The smallest absolute Gasteiger partial charge is 0.230 e. The SMILES string of the molecule is O=C(NCc1ccc(F)cc1)C1C2C=CC3(CN(Cc4ccccc4Cl)C(=O)C13)O2. The van der Waals surface area contributed by atoms with Crippen molar-refractivity contribution in [1.82, 2.24) is 10.2 Å². The molecule has 3 heterocycles. The molecule has 0 radical (unpaired) electrons. The number of ether oxygens (including phenoxy) is 1. The van der Waals surface area contributed by atoms with E-state index in [2.05, 4.69) is 5.32 Å². The third-order valence-electron chi connectivity index (χ3n) is 6.18. The van der Waals surface area contributed by atoms with Crippen LogP contribution in [-0.2, 0) is 27.4 Å². The molecule has 4 unspecified atom stereocenters. The first-order valence-corrected chi connectivity index (χ1v) is 10.3. The van der Waals surface area contributed by atoms with Crippen molar-refractivity contribution in [3.05, 3.63) is 82.6 Å². The summed E-state index contributed by atoms with van der Waals surface area (Å²) in [5, 5.41) is 3.49. The molecule has 7 heteroatoms. The molecule has 1 spiro atoms. The van der Waals surface area contributed by atoms with E-state index < -0.39 is 23.5 Å². The molecule has 5 nitrogen and oxygen atoms in total. The summed E-state index contributed by atoms with van der Waals surface area (Å²) in [6, 6.07) is 13.4. The Balaban J connectivity index is 1.32. The van der Waals surface area contributed by atoms with Gasteiger partial charge in [-0.15, -0.1) is 0 Å². The van der Waals surface area contributed by atoms with Crippen molar-refractivity contribution in [3.8, 4) is 0 Å². The molecule has 2 aromatic rings. The highest BCUT2D eigenvalue weighted by atomic mass is 35.5. The normalized spacial score (nSPS) is 28.8. The molecule has 2 amide bonds. The molecule has 2 aromatic carbocycles. The number of amides is 2. The molecular weight excluding hydrogens is 407 g/mol. The lowest BCUT2D eigenvalue weighted by Crippen LogP contribution is -2.43. The minimum atomic E-state index is -0.763. The van der Waals surface area contributed by atoms with E-state index in [0.717, 1.165) is 11.1 Å². The maximum Gasteiger partial charge on any atom is 0.230 e. The van der Waals surface area contributed by atoms with Gasteiger partial charge in [-0.25, -0.2) is 4.39 Å². The van der Waals surface area contributed by atoms with Gasteiger partial charge in [0.1, 0.15) is 11.4 Å². The van der Waals surface area contributed by atoms with Crippen LogP contribution < -0.4 is 5.32 Å². The van der Waals surface area contributed by atoms with Crippen LogP contribution in [0, 0.1) is 17.7 Å². The number of benzene rings is 2. The van der Waals surface area contributed by atoms with Gasteiger partial charge in [0.25, 0.3) is 0 Å². The number of rotatable bonds is 5. The molecule has 2 bridgehead atoms. The average molecular weight is 427 g/mol. The Kier molecular flexibility index (Phi) is 4.64. The topological polar surface area (TPSA) is 58.6 Å². The summed E-state index contributed by atoms with van der Waals surface area (Å²) in [6.45, 7) is 1.04. The molecule has 2 saturated heterocycles. The fourth-order valence-electron chi connectivity index (χ4n) is 4.75. The number of likely N-dealkylation sites (tertiary alicyclic amines) is 1. The van der Waals surface area contributed by atoms with Crippen molar-refractivity contribution in [2.24, 2.45) is 11.8 Å². The van der Waals surface area contributed by atoms with Gasteiger partial charge in [0.15, 0.2) is 0 Å². The van der Waals surface area contributed by atoms with E-state index in [1.54, 1.807) is 23.1 Å². The second kappa shape index (κ2) is 7.22. The van der Waals surface area contributed by atoms with Gasteiger partial charge in [0.2, 0.25) is 11.8 Å². The zero-order valence-corrected chi connectivity index (χ0v) is 16.8. The van der Waals surface area contributed by atoms with Crippen LogP contribution >= 0.6 is 11.6 Å². The number of nitrogens with zero attached hydrogens (tertiary/aromatic N) is 1. The van der Waals surface area contributed by atoms with Gasteiger partial charge in [-0.2, -0.15) is 0 Å². The number of hydrogen-bond acceptors (Lipinski definition) is 3. The highest BCUT2D eigenvalue weighted by Crippen LogP contribution is 2.52. The number of carbonyl (C=O) groups is 2. The lowest BCUT2D eigenvalue weighted by molar-refractivity contribution is -0.137. The zero-order chi connectivity index (χ0) is 20.9. The maximum absolute atomic E-state index is 13.3. The Bertz CT molecular complexity index is 1040. The molecule has 3 aliphatic rings. The van der Waals surface area contributed by atoms with Gasteiger partial charge in [0, 0.05) is 18.1 Å². The first-order chi connectivity index (χ1) is 14.5. The van der Waals surface area contributed by atoms with Crippen molar-refractivity contribution < 1.29 is 18.7 Å². The van der Waals surface area contributed by atoms with E-state index in [1.807, 2.05) is 30.4 Å². The molecule has 0 saturated carbocycles. The standard InChI is InChI=1S/C23H20ClFN2O3/c24-17-4-2-1-3-15(17)12-27-13-23-10-9-18(30-23)19(20(23)22(27)29)21(28)26-11-14-5-7-16(25)8-6-14/h1-10,18-20H,11-13H2,(H,26,28). The van der Waals surface area contributed by atoms with Crippen LogP contribution in [0.1, 0.15) is 11.1 Å². The Labute approximate surface area is 178 Å². The average Bonchev–Trinajstić information content (AvgIpc) is 3.37. The summed E-state index contributed by atoms with van der Waals surface area (Å²) >= 11 is 6.27. The van der Waals surface area contributed by atoms with Gasteiger partial charge < -0.3 is 15.0 Å². The summed E-state index contributed by atoms with van der Waals surface area (Å²) < 4.78 is 19.2. The molecule has 2 fully saturated rings. The van der Waals surface area contributed by atoms with Gasteiger partial charge in [0.05, 0.1) is 24.5 Å². The van der Waals surface area contributed by atoms with E-state index in [-0.39, 0.29) is 24.2 Å². The molecule has 5 rings (SSSR count). The van der Waals surface area contributed by atoms with E-state index in [4.69, 9.17) is 16.3 Å². The summed E-state index contributed by atoms with van der Waals surface area (Å²) in [5.41, 5.74) is 0.887. The van der Waals surface area contributed by atoms with Crippen LogP contribution in [0.2, 0.25) is 5.02 Å². The van der Waals surface area contributed by atoms with Crippen LogP contribution in [0.4, 0.5) is 4.39 Å². The van der Waals surface area contributed by atoms with Crippen LogP contribution in [-0.4, -0.2) is 35.0 Å². The zero-order valence-electron chi connectivity index (χ0n) is 16.1. The number of carbonyl (C=O) groups excluding carboxylic acids is 2. The quantitative estimate of drug-likeness (QED) is 0.747. The predicted octanol–water partition coefficient (Wildman–Crippen LogP) is 3.08. The van der Waals surface area contributed by atoms with Gasteiger partial charge in [-0.1, -0.05) is 54.1 Å². The molecule has 30 heavy (non-hydrogen) atoms. The van der Waals surface area contributed by atoms with E-state index >= 15 is 0 Å². The number of fused-ring (bicyclic) bond motifs is 1. The number of nitrogens with one attached hydrogen (secondary N) is 1. The molecule has 3 aliphatic heterocycles. The third-order valence-corrected chi connectivity index (χ3v) is 6.55. The van der Waals surface area contributed by atoms with Crippen LogP contribution in [0.3, 0.4) is 0 Å². The second-order valence-corrected chi connectivity index (χ2v) is 8.44. The summed E-state index contributed by atoms with van der Waals surface area (Å²) in [6.07, 6.45) is 3.40. The third kappa shape index (κ3) is 3.11. The maximum atomic E-state index is 13.3. The first kappa shape index (κ1) is 19.3. The molecule has 1 N–H and O–H groups in total.